The van der Waals surface area contributed by atoms with E-state index in [1.165, 1.54) is 43.8 Å². The van der Waals surface area contributed by atoms with Crippen LogP contribution in [0.5, 0.6) is 0 Å². The minimum absolute atomic E-state index is 0. The number of benzene rings is 3. The predicted octanol–water partition coefficient (Wildman–Crippen LogP) is -0.659. The number of aliphatic hydroxyl groups is 1. The normalized spacial score (nSPS) is 18.3. The van der Waals surface area contributed by atoms with Crippen LogP contribution in [0.3, 0.4) is 0 Å². The molecule has 176 valence electrons. The first-order valence-corrected chi connectivity index (χ1v) is 11.7. The fourth-order valence-electron chi connectivity index (χ4n) is 6.57. The van der Waals surface area contributed by atoms with Crippen LogP contribution in [0.25, 0.3) is 22.3 Å². The first-order chi connectivity index (χ1) is 15.7. The van der Waals surface area contributed by atoms with Gasteiger partial charge >= 0.3 is 26.2 Å². The van der Waals surface area contributed by atoms with Crippen LogP contribution < -0.4 is 35.3 Å². The summed E-state index contributed by atoms with van der Waals surface area (Å²) in [6.07, 6.45) is 10.8. The van der Waals surface area contributed by atoms with Gasteiger partial charge < -0.3 is 29.9 Å². The van der Waals surface area contributed by atoms with Gasteiger partial charge in [0.2, 0.25) is 0 Å². The molecule has 2 atom stereocenters. The molecule has 3 aliphatic carbocycles. The maximum absolute atomic E-state index is 9.89. The van der Waals surface area contributed by atoms with Crippen molar-refractivity contribution in [1.29, 1.82) is 0 Å². The van der Waals surface area contributed by atoms with Crippen molar-refractivity contribution in [3.05, 3.63) is 119 Å². The van der Waals surface area contributed by atoms with Crippen molar-refractivity contribution in [3.63, 3.8) is 0 Å². The van der Waals surface area contributed by atoms with Gasteiger partial charge in [-0.05, 0) is 56.7 Å². The summed E-state index contributed by atoms with van der Waals surface area (Å²) < 4.78 is 0. The molecule has 0 fully saturated rings. The molecular weight excluding hydrogens is 550 g/mol. The molecule has 0 spiro atoms. The minimum Gasteiger partial charge on any atom is -1.00 e. The third-order valence-corrected chi connectivity index (χ3v) is 7.81. The van der Waals surface area contributed by atoms with E-state index >= 15 is 0 Å². The molecule has 4 heteroatoms. The van der Waals surface area contributed by atoms with Crippen molar-refractivity contribution < 1.29 is 56.1 Å². The number of halogens is 2. The van der Waals surface area contributed by atoms with Gasteiger partial charge in [-0.15, -0.1) is 0 Å². The second kappa shape index (κ2) is 11.1. The van der Waals surface area contributed by atoms with Gasteiger partial charge in [-0.2, -0.15) is 0 Å². The van der Waals surface area contributed by atoms with E-state index in [0.29, 0.717) is 5.92 Å². The number of allylic oxidation sites excluding steroid dienone is 4. The van der Waals surface area contributed by atoms with E-state index in [1.807, 2.05) is 0 Å². The van der Waals surface area contributed by atoms with Crippen molar-refractivity contribution in [2.75, 3.05) is 6.61 Å². The average molecular weight is 579 g/mol. The quantitative estimate of drug-likeness (QED) is 0.427. The summed E-state index contributed by atoms with van der Waals surface area (Å²) in [6, 6.07) is 26.8. The fourth-order valence-corrected chi connectivity index (χ4v) is 6.57. The van der Waals surface area contributed by atoms with Gasteiger partial charge in [-0.1, -0.05) is 104 Å². The largest absolute Gasteiger partial charge is 2.00 e. The molecule has 0 saturated carbocycles. The van der Waals surface area contributed by atoms with Crippen molar-refractivity contribution in [2.45, 2.75) is 25.7 Å². The first kappa shape index (κ1) is 27.9. The topological polar surface area (TPSA) is 20.2 Å². The number of fused-ring (bicyclic) bond motifs is 5. The zero-order valence-electron chi connectivity index (χ0n) is 19.7. The van der Waals surface area contributed by atoms with Crippen LogP contribution in [0.4, 0.5) is 0 Å². The van der Waals surface area contributed by atoms with E-state index in [0.717, 1.165) is 12.8 Å². The Kier molecular flexibility index (Phi) is 8.88. The van der Waals surface area contributed by atoms with Gasteiger partial charge in [0.05, 0.1) is 0 Å². The molecule has 1 nitrogen and oxygen atoms in total. The number of hydrogen-bond acceptors (Lipinski definition) is 1. The van der Waals surface area contributed by atoms with Crippen molar-refractivity contribution >= 4 is 11.1 Å². The Morgan fingerprint density at radius 2 is 1.34 bits per heavy atom. The molecule has 6 rings (SSSR count). The third-order valence-electron chi connectivity index (χ3n) is 7.81. The Hall–Kier alpha value is -1.70. The second-order valence-electron chi connectivity index (χ2n) is 9.49. The monoisotopic (exact) mass is 576 g/mol. The number of rotatable bonds is 5. The van der Waals surface area contributed by atoms with Gasteiger partial charge in [0.1, 0.15) is 0 Å². The maximum Gasteiger partial charge on any atom is 2.00 e. The molecule has 35 heavy (non-hydrogen) atoms. The van der Waals surface area contributed by atoms with Crippen LogP contribution in [0.1, 0.15) is 36.8 Å². The summed E-state index contributed by atoms with van der Waals surface area (Å²) >= 11 is 0. The van der Waals surface area contributed by atoms with Crippen LogP contribution in [0, 0.1) is 11.3 Å². The molecule has 0 heterocycles. The van der Waals surface area contributed by atoms with E-state index in [9.17, 15) is 5.11 Å². The molecule has 0 radical (unpaired) electrons. The standard InChI is InChI=1S/C31H28O.2ClH.Zr/c1-31(19-10-20-32,29-25-15-6-2-11-21(25)22-12-3-7-16-26(22)29)30-27-17-8-4-13-23(27)24-14-5-9-18-28(24)30;;;/h2-9,11-18,25,30,32H,10,19-20H2,1H3;2*1H;/q;;;+2/p-2. The van der Waals surface area contributed by atoms with E-state index in [-0.39, 0.29) is 69.0 Å². The van der Waals surface area contributed by atoms with E-state index in [2.05, 4.69) is 104 Å². The molecule has 1 N–H and O–H groups in total. The smallest absolute Gasteiger partial charge is 1.00 e. The molecular formula is C31H28Cl2OZr. The van der Waals surface area contributed by atoms with Crippen molar-refractivity contribution in [3.8, 4) is 11.1 Å². The van der Waals surface area contributed by atoms with Gasteiger partial charge in [-0.3, -0.25) is 0 Å². The molecule has 2 unspecified atom stereocenters. The van der Waals surface area contributed by atoms with Gasteiger partial charge in [-0.25, -0.2) is 0 Å². The molecule has 0 saturated heterocycles. The van der Waals surface area contributed by atoms with Crippen LogP contribution in [0.15, 0.2) is 97.1 Å². The molecule has 0 bridgehead atoms. The Bertz CT molecular complexity index is 1360. The zero-order chi connectivity index (χ0) is 21.7. The van der Waals surface area contributed by atoms with Crippen LogP contribution >= 0.6 is 0 Å². The summed E-state index contributed by atoms with van der Waals surface area (Å²) in [4.78, 5) is 0. The molecule has 0 amide bonds. The summed E-state index contributed by atoms with van der Waals surface area (Å²) in [5.41, 5.74) is 8.35. The summed E-state index contributed by atoms with van der Waals surface area (Å²) in [7, 11) is 0. The predicted molar refractivity (Wildman–Crippen MR) is 132 cm³/mol. The van der Waals surface area contributed by atoms with E-state index < -0.39 is 0 Å². The zero-order valence-corrected chi connectivity index (χ0v) is 23.7. The molecule has 0 aliphatic heterocycles. The first-order valence-electron chi connectivity index (χ1n) is 11.7. The Morgan fingerprint density at radius 1 is 0.771 bits per heavy atom. The Morgan fingerprint density at radius 3 is 1.97 bits per heavy atom. The third kappa shape index (κ3) is 4.27. The number of hydrogen-bond donors (Lipinski definition) is 1. The van der Waals surface area contributed by atoms with Crippen molar-refractivity contribution in [1.82, 2.24) is 0 Å². The summed E-state index contributed by atoms with van der Waals surface area (Å²) in [5.74, 6) is 0.559. The van der Waals surface area contributed by atoms with Gasteiger partial charge in [0.25, 0.3) is 0 Å². The van der Waals surface area contributed by atoms with E-state index in [4.69, 9.17) is 0 Å². The Labute approximate surface area is 239 Å². The van der Waals surface area contributed by atoms with E-state index in [1.54, 1.807) is 0 Å². The molecule has 0 aromatic heterocycles. The van der Waals surface area contributed by atoms with Crippen LogP contribution in [0.2, 0.25) is 0 Å². The van der Waals surface area contributed by atoms with Gasteiger partial charge in [0, 0.05) is 23.9 Å². The molecule has 3 aromatic carbocycles. The maximum atomic E-state index is 9.89. The fraction of sp³-hybridized carbons (Fsp3) is 0.226. The summed E-state index contributed by atoms with van der Waals surface area (Å²) in [6.45, 7) is 2.67. The van der Waals surface area contributed by atoms with Crippen molar-refractivity contribution in [2.24, 2.45) is 11.3 Å². The minimum atomic E-state index is -0.122. The Balaban J connectivity index is 0.00000114. The second-order valence-corrected chi connectivity index (χ2v) is 9.49. The molecule has 3 aliphatic rings. The number of aliphatic hydroxyl groups excluding tert-OH is 1. The van der Waals surface area contributed by atoms with Crippen LogP contribution in [-0.2, 0) is 26.2 Å². The average Bonchev–Trinajstić information content (AvgIpc) is 3.37. The van der Waals surface area contributed by atoms with Gasteiger partial charge in [0.15, 0.2) is 0 Å². The molecule has 3 aromatic rings. The SMILES string of the molecule is CC(CCCO)(C1=c2ccccc2=C2C=CC=CC21)C1c2ccccc2-c2ccccc21.[Cl-].[Cl-].[Zr+2]. The summed E-state index contributed by atoms with van der Waals surface area (Å²) in [5, 5.41) is 12.6. The van der Waals surface area contributed by atoms with Crippen LogP contribution in [-0.4, -0.2) is 11.7 Å².